The van der Waals surface area contributed by atoms with Crippen LogP contribution in [0.4, 0.5) is 5.69 Å². The summed E-state index contributed by atoms with van der Waals surface area (Å²) in [7, 11) is -4.16. The standard InChI is InChI=1S/C30H35Br2N3O5S/c1-6-40-26-15-13-25(14-16-26)35(41(38,39)27-17-11-24(32)12-18-27)20-28(36)34(19-22-7-9-23(31)10-8-22)21(2)29(37)33-30(3,4)5/h7-18,21H,6,19-20H2,1-5H3,(H,33,37). The lowest BCUT2D eigenvalue weighted by Crippen LogP contribution is -2.54. The predicted octanol–water partition coefficient (Wildman–Crippen LogP) is 6.14. The fourth-order valence-corrected chi connectivity index (χ4v) is 5.92. The summed E-state index contributed by atoms with van der Waals surface area (Å²) < 4.78 is 36.0. The summed E-state index contributed by atoms with van der Waals surface area (Å²) in [6.45, 7) is 9.12. The molecule has 41 heavy (non-hydrogen) atoms. The van der Waals surface area contributed by atoms with E-state index >= 15 is 0 Å². The third-order valence-corrected chi connectivity index (χ3v) is 8.89. The van der Waals surface area contributed by atoms with Gasteiger partial charge in [-0.3, -0.25) is 13.9 Å². The van der Waals surface area contributed by atoms with Gasteiger partial charge in [0.25, 0.3) is 10.0 Å². The second-order valence-electron chi connectivity index (χ2n) is 10.5. The van der Waals surface area contributed by atoms with Crippen LogP contribution in [0.15, 0.2) is 86.6 Å². The van der Waals surface area contributed by atoms with Crippen LogP contribution in [0, 0.1) is 0 Å². The average molecular weight is 710 g/mol. The Morgan fingerprint density at radius 1 is 0.902 bits per heavy atom. The average Bonchev–Trinajstić information content (AvgIpc) is 2.91. The molecule has 0 spiro atoms. The quantitative estimate of drug-likeness (QED) is 0.258. The van der Waals surface area contributed by atoms with E-state index in [1.165, 1.54) is 17.0 Å². The Balaban J connectivity index is 2.03. The van der Waals surface area contributed by atoms with E-state index < -0.39 is 34.1 Å². The Hall–Kier alpha value is -2.89. The first-order chi connectivity index (χ1) is 19.2. The van der Waals surface area contributed by atoms with Crippen LogP contribution in [0.5, 0.6) is 5.75 Å². The van der Waals surface area contributed by atoms with Gasteiger partial charge in [0, 0.05) is 21.0 Å². The van der Waals surface area contributed by atoms with Crippen molar-refractivity contribution in [3.8, 4) is 5.75 Å². The van der Waals surface area contributed by atoms with Crippen molar-refractivity contribution in [3.05, 3.63) is 87.3 Å². The molecule has 3 aromatic carbocycles. The summed E-state index contributed by atoms with van der Waals surface area (Å²) in [5.41, 5.74) is 0.567. The molecule has 3 rings (SSSR count). The van der Waals surface area contributed by atoms with Gasteiger partial charge in [0.1, 0.15) is 18.3 Å². The van der Waals surface area contributed by atoms with Crippen molar-refractivity contribution >= 4 is 59.4 Å². The number of nitrogens with zero attached hydrogens (tertiary/aromatic N) is 2. The summed E-state index contributed by atoms with van der Waals surface area (Å²) in [5.74, 6) is -0.293. The molecule has 0 aliphatic rings. The number of carbonyl (C=O) groups is 2. The molecule has 1 N–H and O–H groups in total. The van der Waals surface area contributed by atoms with Gasteiger partial charge in [-0.1, -0.05) is 44.0 Å². The summed E-state index contributed by atoms with van der Waals surface area (Å²) in [6, 6.07) is 19.3. The molecule has 1 atom stereocenters. The first kappa shape index (κ1) is 32.6. The van der Waals surface area contributed by atoms with E-state index in [0.29, 0.717) is 18.0 Å². The van der Waals surface area contributed by atoms with Gasteiger partial charge in [-0.15, -0.1) is 0 Å². The molecule has 0 fully saturated rings. The van der Waals surface area contributed by atoms with Crippen molar-refractivity contribution < 1.29 is 22.7 Å². The van der Waals surface area contributed by atoms with Crippen molar-refractivity contribution in [2.45, 2.75) is 57.6 Å². The SMILES string of the molecule is CCOc1ccc(N(CC(=O)N(Cc2ccc(Br)cc2)C(C)C(=O)NC(C)(C)C)S(=O)(=O)c2ccc(Br)cc2)cc1. The molecule has 3 aromatic rings. The molecular formula is C30H35Br2N3O5S. The lowest BCUT2D eigenvalue weighted by Gasteiger charge is -2.33. The number of carbonyl (C=O) groups excluding carboxylic acids is 2. The van der Waals surface area contributed by atoms with Crippen LogP contribution >= 0.6 is 31.9 Å². The van der Waals surface area contributed by atoms with E-state index in [-0.39, 0.29) is 17.3 Å². The highest BCUT2D eigenvalue weighted by Gasteiger charge is 2.33. The number of rotatable bonds is 11. The highest BCUT2D eigenvalue weighted by Crippen LogP contribution is 2.27. The number of hydrogen-bond donors (Lipinski definition) is 1. The third kappa shape index (κ3) is 9.05. The number of ether oxygens (including phenoxy) is 1. The van der Waals surface area contributed by atoms with Crippen LogP contribution in [-0.4, -0.2) is 49.9 Å². The topological polar surface area (TPSA) is 96.0 Å². The Morgan fingerprint density at radius 2 is 1.44 bits per heavy atom. The van der Waals surface area contributed by atoms with Crippen molar-refractivity contribution in [2.75, 3.05) is 17.5 Å². The zero-order valence-corrected chi connectivity index (χ0v) is 27.7. The minimum Gasteiger partial charge on any atom is -0.494 e. The Bertz CT molecular complexity index is 1440. The molecule has 0 saturated heterocycles. The molecule has 1 unspecified atom stereocenters. The van der Waals surface area contributed by atoms with E-state index in [4.69, 9.17) is 4.74 Å². The molecule has 0 aromatic heterocycles. The van der Waals surface area contributed by atoms with E-state index in [1.807, 2.05) is 52.0 Å². The fourth-order valence-electron chi connectivity index (χ4n) is 3.98. The molecule has 0 bridgehead atoms. The molecule has 0 heterocycles. The first-order valence-electron chi connectivity index (χ1n) is 13.1. The molecular weight excluding hydrogens is 674 g/mol. The lowest BCUT2D eigenvalue weighted by molar-refractivity contribution is -0.140. The van der Waals surface area contributed by atoms with Gasteiger partial charge < -0.3 is 15.0 Å². The molecule has 0 saturated carbocycles. The van der Waals surface area contributed by atoms with Gasteiger partial charge >= 0.3 is 0 Å². The maximum atomic E-state index is 14.0. The summed E-state index contributed by atoms with van der Waals surface area (Å²) >= 11 is 6.76. The zero-order chi connectivity index (χ0) is 30.4. The number of halogens is 2. The summed E-state index contributed by atoms with van der Waals surface area (Å²) in [4.78, 5) is 28.6. The lowest BCUT2D eigenvalue weighted by atomic mass is 10.1. The Kier molecular flexibility index (Phi) is 11.0. The second kappa shape index (κ2) is 13.8. The van der Waals surface area contributed by atoms with Crippen LogP contribution in [0.25, 0.3) is 0 Å². The van der Waals surface area contributed by atoms with Gasteiger partial charge in [0.15, 0.2) is 0 Å². The number of amides is 2. The maximum absolute atomic E-state index is 14.0. The highest BCUT2D eigenvalue weighted by molar-refractivity contribution is 9.10. The van der Waals surface area contributed by atoms with E-state index in [1.54, 1.807) is 43.3 Å². The molecule has 0 aliphatic carbocycles. The summed E-state index contributed by atoms with van der Waals surface area (Å²) in [6.07, 6.45) is 0. The largest absolute Gasteiger partial charge is 0.494 e. The molecule has 0 aliphatic heterocycles. The Labute approximate surface area is 259 Å². The molecule has 0 radical (unpaired) electrons. The first-order valence-corrected chi connectivity index (χ1v) is 16.1. The number of nitrogens with one attached hydrogen (secondary N) is 1. The monoisotopic (exact) mass is 707 g/mol. The minimum absolute atomic E-state index is 0.0281. The van der Waals surface area contributed by atoms with Crippen LogP contribution < -0.4 is 14.4 Å². The van der Waals surface area contributed by atoms with Gasteiger partial charge in [-0.05, 0) is 101 Å². The van der Waals surface area contributed by atoms with Crippen molar-refractivity contribution in [2.24, 2.45) is 0 Å². The van der Waals surface area contributed by atoms with E-state index in [0.717, 1.165) is 18.8 Å². The fraction of sp³-hybridized carbons (Fsp3) is 0.333. The zero-order valence-electron chi connectivity index (χ0n) is 23.7. The second-order valence-corrected chi connectivity index (χ2v) is 14.1. The smallest absolute Gasteiger partial charge is 0.264 e. The van der Waals surface area contributed by atoms with Gasteiger partial charge in [-0.25, -0.2) is 8.42 Å². The van der Waals surface area contributed by atoms with Gasteiger partial charge in [0.05, 0.1) is 17.2 Å². The number of benzene rings is 3. The predicted molar refractivity (Wildman–Crippen MR) is 168 cm³/mol. The molecule has 11 heteroatoms. The van der Waals surface area contributed by atoms with Crippen molar-refractivity contribution in [1.29, 1.82) is 0 Å². The number of hydrogen-bond acceptors (Lipinski definition) is 5. The Morgan fingerprint density at radius 3 is 1.95 bits per heavy atom. The van der Waals surface area contributed by atoms with Crippen molar-refractivity contribution in [1.82, 2.24) is 10.2 Å². The number of anilines is 1. The molecule has 2 amide bonds. The van der Waals surface area contributed by atoms with Gasteiger partial charge in [0.2, 0.25) is 11.8 Å². The highest BCUT2D eigenvalue weighted by atomic mass is 79.9. The number of sulfonamides is 1. The van der Waals surface area contributed by atoms with Crippen molar-refractivity contribution in [3.63, 3.8) is 0 Å². The van der Waals surface area contributed by atoms with E-state index in [2.05, 4.69) is 37.2 Å². The minimum atomic E-state index is -4.16. The maximum Gasteiger partial charge on any atom is 0.264 e. The van der Waals surface area contributed by atoms with E-state index in [9.17, 15) is 18.0 Å². The van der Waals surface area contributed by atoms with Crippen LogP contribution in [0.1, 0.15) is 40.2 Å². The van der Waals surface area contributed by atoms with Crippen LogP contribution in [0.2, 0.25) is 0 Å². The third-order valence-electron chi connectivity index (χ3n) is 6.05. The van der Waals surface area contributed by atoms with Crippen LogP contribution in [-0.2, 0) is 26.2 Å². The molecule has 8 nitrogen and oxygen atoms in total. The van der Waals surface area contributed by atoms with Gasteiger partial charge in [-0.2, -0.15) is 0 Å². The normalized spacial score (nSPS) is 12.4. The summed E-state index contributed by atoms with van der Waals surface area (Å²) in [5, 5.41) is 2.92. The molecule has 220 valence electrons. The van der Waals surface area contributed by atoms with Crippen LogP contribution in [0.3, 0.4) is 0 Å².